The first-order valence-corrected chi connectivity index (χ1v) is 10.2. The molecule has 0 saturated heterocycles. The maximum atomic E-state index is 12.4. The van der Waals surface area contributed by atoms with E-state index in [0.717, 1.165) is 0 Å². The molecule has 7 nitrogen and oxygen atoms in total. The predicted molar refractivity (Wildman–Crippen MR) is 122 cm³/mol. The highest BCUT2D eigenvalue weighted by Crippen LogP contribution is 2.28. The number of rotatable bonds is 7. The number of nitrogens with zero attached hydrogens (tertiary/aromatic N) is 3. The van der Waals surface area contributed by atoms with Crippen molar-refractivity contribution in [2.24, 2.45) is 5.10 Å². The summed E-state index contributed by atoms with van der Waals surface area (Å²) in [6.07, 6.45) is 1.44. The van der Waals surface area contributed by atoms with E-state index in [0.29, 0.717) is 55.6 Å². The van der Waals surface area contributed by atoms with Crippen LogP contribution in [0.3, 0.4) is 0 Å². The highest BCUT2D eigenvalue weighted by atomic mass is 35.5. The lowest BCUT2D eigenvalue weighted by Gasteiger charge is -2.08. The molecule has 0 aliphatic heterocycles. The Hall–Kier alpha value is -2.74. The molecule has 0 saturated carbocycles. The Labute approximate surface area is 194 Å². The summed E-state index contributed by atoms with van der Waals surface area (Å²) < 4.78 is 11.9. The summed E-state index contributed by atoms with van der Waals surface area (Å²) in [7, 11) is 3.02. The number of aromatic nitrogens is 2. The van der Waals surface area contributed by atoms with Gasteiger partial charge in [0.15, 0.2) is 11.5 Å². The summed E-state index contributed by atoms with van der Waals surface area (Å²) in [6.45, 7) is 2.08. The molecule has 0 radical (unpaired) electrons. The van der Waals surface area contributed by atoms with E-state index in [1.807, 2.05) is 0 Å². The minimum atomic E-state index is -0.416. The Morgan fingerprint density at radius 3 is 2.45 bits per heavy atom. The van der Waals surface area contributed by atoms with E-state index in [4.69, 9.17) is 44.3 Å². The van der Waals surface area contributed by atoms with E-state index in [2.05, 4.69) is 15.6 Å². The number of hydrogen-bond acceptors (Lipinski definition) is 5. The summed E-state index contributed by atoms with van der Waals surface area (Å²) in [6, 6.07) is 10.1. The standard InChI is InChI=1S/C21H19Cl3N4O3/c1-12-14(20(24)28(27-12)11-15-16(22)5-4-6-17(15)23)10-25-26-21(29)13-7-8-18(30-2)19(9-13)31-3/h4-10H,11H2,1-3H3,(H,26,29). The Kier molecular flexibility index (Phi) is 7.43. The van der Waals surface area contributed by atoms with Crippen LogP contribution in [0.1, 0.15) is 27.2 Å². The number of halogens is 3. The third-order valence-electron chi connectivity index (χ3n) is 4.48. The summed E-state index contributed by atoms with van der Waals surface area (Å²) >= 11 is 18.9. The van der Waals surface area contributed by atoms with Crippen LogP contribution >= 0.6 is 34.8 Å². The number of benzene rings is 2. The summed E-state index contributed by atoms with van der Waals surface area (Å²) in [5.41, 5.74) is 4.74. The van der Waals surface area contributed by atoms with Crippen molar-refractivity contribution in [1.29, 1.82) is 0 Å². The van der Waals surface area contributed by atoms with Gasteiger partial charge < -0.3 is 9.47 Å². The topological polar surface area (TPSA) is 77.7 Å². The fourth-order valence-electron chi connectivity index (χ4n) is 2.85. The molecule has 10 heteroatoms. The van der Waals surface area contributed by atoms with E-state index in [1.165, 1.54) is 20.4 Å². The lowest BCUT2D eigenvalue weighted by atomic mass is 10.2. The van der Waals surface area contributed by atoms with E-state index in [9.17, 15) is 4.79 Å². The number of carbonyl (C=O) groups is 1. The number of methoxy groups -OCH3 is 2. The number of hydrazone groups is 1. The molecular formula is C21H19Cl3N4O3. The largest absolute Gasteiger partial charge is 0.493 e. The molecule has 162 valence electrons. The highest BCUT2D eigenvalue weighted by molar-refractivity contribution is 6.36. The summed E-state index contributed by atoms with van der Waals surface area (Å²) in [4.78, 5) is 12.4. The average molecular weight is 482 g/mol. The van der Waals surface area contributed by atoms with Crippen LogP contribution in [0.15, 0.2) is 41.5 Å². The van der Waals surface area contributed by atoms with Crippen LogP contribution in [0.25, 0.3) is 0 Å². The van der Waals surface area contributed by atoms with Gasteiger partial charge in [-0.1, -0.05) is 40.9 Å². The first kappa shape index (κ1) is 22.9. The van der Waals surface area contributed by atoms with Gasteiger partial charge in [-0.25, -0.2) is 10.1 Å². The van der Waals surface area contributed by atoms with Gasteiger partial charge in [0.25, 0.3) is 5.91 Å². The fourth-order valence-corrected chi connectivity index (χ4v) is 3.65. The van der Waals surface area contributed by atoms with Crippen LogP contribution in [0, 0.1) is 6.92 Å². The molecule has 1 amide bonds. The van der Waals surface area contributed by atoms with Crippen LogP contribution in [0.4, 0.5) is 0 Å². The first-order valence-electron chi connectivity index (χ1n) is 9.07. The molecule has 0 atom stereocenters. The third-order valence-corrected chi connectivity index (χ3v) is 5.59. The molecule has 0 fully saturated rings. The zero-order valence-electron chi connectivity index (χ0n) is 16.9. The first-order chi connectivity index (χ1) is 14.8. The second-order valence-electron chi connectivity index (χ2n) is 6.42. The third kappa shape index (κ3) is 5.12. The molecule has 0 aliphatic rings. The number of amides is 1. The van der Waals surface area contributed by atoms with Crippen LogP contribution in [-0.4, -0.2) is 36.1 Å². The van der Waals surface area contributed by atoms with E-state index < -0.39 is 5.91 Å². The van der Waals surface area contributed by atoms with Crippen molar-refractivity contribution in [3.63, 3.8) is 0 Å². The van der Waals surface area contributed by atoms with Gasteiger partial charge in [0.1, 0.15) is 5.15 Å². The molecule has 1 N–H and O–H groups in total. The highest BCUT2D eigenvalue weighted by Gasteiger charge is 2.15. The van der Waals surface area contributed by atoms with Crippen LogP contribution in [0.2, 0.25) is 15.2 Å². The van der Waals surface area contributed by atoms with Gasteiger partial charge in [-0.05, 0) is 37.3 Å². The molecule has 0 spiro atoms. The van der Waals surface area contributed by atoms with E-state index in [1.54, 1.807) is 48.0 Å². The van der Waals surface area contributed by atoms with E-state index in [-0.39, 0.29) is 0 Å². The average Bonchev–Trinajstić information content (AvgIpc) is 3.03. The molecular weight excluding hydrogens is 463 g/mol. The number of aryl methyl sites for hydroxylation is 1. The van der Waals surface area contributed by atoms with Crippen molar-refractivity contribution >= 4 is 46.9 Å². The van der Waals surface area contributed by atoms with E-state index >= 15 is 0 Å². The van der Waals surface area contributed by atoms with Crippen molar-refractivity contribution in [3.05, 3.63) is 74.0 Å². The van der Waals surface area contributed by atoms with Crippen molar-refractivity contribution in [2.45, 2.75) is 13.5 Å². The van der Waals surface area contributed by atoms with Crippen molar-refractivity contribution < 1.29 is 14.3 Å². The lowest BCUT2D eigenvalue weighted by molar-refractivity contribution is 0.0954. The SMILES string of the molecule is COc1ccc(C(=O)NN=Cc2c(C)nn(Cc3c(Cl)cccc3Cl)c2Cl)cc1OC. The van der Waals surface area contributed by atoms with Crippen LogP contribution in [-0.2, 0) is 6.54 Å². The van der Waals surface area contributed by atoms with Crippen LogP contribution < -0.4 is 14.9 Å². The number of ether oxygens (including phenoxy) is 2. The Morgan fingerprint density at radius 2 is 1.81 bits per heavy atom. The number of nitrogens with one attached hydrogen (secondary N) is 1. The fraction of sp³-hybridized carbons (Fsp3) is 0.190. The zero-order valence-corrected chi connectivity index (χ0v) is 19.2. The molecule has 0 unspecified atom stereocenters. The van der Waals surface area contributed by atoms with Gasteiger partial charge in [-0.2, -0.15) is 10.2 Å². The maximum absolute atomic E-state index is 12.4. The van der Waals surface area contributed by atoms with Gasteiger partial charge in [-0.3, -0.25) is 4.79 Å². The minimum Gasteiger partial charge on any atom is -0.493 e. The van der Waals surface area contributed by atoms with Crippen LogP contribution in [0.5, 0.6) is 11.5 Å². The molecule has 1 aromatic heterocycles. The lowest BCUT2D eigenvalue weighted by Crippen LogP contribution is -2.17. The quantitative estimate of drug-likeness (QED) is 0.381. The van der Waals surface area contributed by atoms with Gasteiger partial charge in [0.05, 0.1) is 38.2 Å². The van der Waals surface area contributed by atoms with Gasteiger partial charge in [0, 0.05) is 21.2 Å². The summed E-state index contributed by atoms with van der Waals surface area (Å²) in [5, 5.41) is 9.81. The zero-order chi connectivity index (χ0) is 22.5. The molecule has 3 rings (SSSR count). The van der Waals surface area contributed by atoms with Gasteiger partial charge >= 0.3 is 0 Å². The Bertz CT molecular complexity index is 1120. The second kappa shape index (κ2) is 10.0. The van der Waals surface area contributed by atoms with Crippen molar-refractivity contribution in [3.8, 4) is 11.5 Å². The number of hydrogen-bond donors (Lipinski definition) is 1. The van der Waals surface area contributed by atoms with Gasteiger partial charge in [-0.15, -0.1) is 0 Å². The monoisotopic (exact) mass is 480 g/mol. The van der Waals surface area contributed by atoms with Crippen molar-refractivity contribution in [2.75, 3.05) is 14.2 Å². The predicted octanol–water partition coefficient (Wildman–Crippen LogP) is 4.98. The summed E-state index contributed by atoms with van der Waals surface area (Å²) in [5.74, 6) is 0.551. The number of carbonyl (C=O) groups excluding carboxylic acids is 1. The Morgan fingerprint density at radius 1 is 1.13 bits per heavy atom. The minimum absolute atomic E-state index is 0.296. The molecule has 2 aromatic carbocycles. The molecule has 1 heterocycles. The maximum Gasteiger partial charge on any atom is 0.271 e. The van der Waals surface area contributed by atoms with Gasteiger partial charge in [0.2, 0.25) is 0 Å². The normalized spacial score (nSPS) is 11.0. The molecule has 31 heavy (non-hydrogen) atoms. The smallest absolute Gasteiger partial charge is 0.271 e. The molecule has 0 aliphatic carbocycles. The molecule has 3 aromatic rings. The second-order valence-corrected chi connectivity index (χ2v) is 7.59. The molecule has 0 bridgehead atoms. The van der Waals surface area contributed by atoms with Crippen molar-refractivity contribution in [1.82, 2.24) is 15.2 Å². The Balaban J connectivity index is 1.75.